The summed E-state index contributed by atoms with van der Waals surface area (Å²) in [5, 5.41) is 3.54. The van der Waals surface area contributed by atoms with Crippen LogP contribution >= 0.6 is 0 Å². The van der Waals surface area contributed by atoms with Gasteiger partial charge in [0.25, 0.3) is 5.91 Å². The molecule has 2 amide bonds. The van der Waals surface area contributed by atoms with E-state index in [1.165, 1.54) is 0 Å². The second-order valence-corrected chi connectivity index (χ2v) is 11.6. The first-order chi connectivity index (χ1) is 19.8. The number of ether oxygens (including phenoxy) is 3. The van der Waals surface area contributed by atoms with Gasteiger partial charge in [-0.25, -0.2) is 0 Å². The Labute approximate surface area is 245 Å². The van der Waals surface area contributed by atoms with Gasteiger partial charge >= 0.3 is 0 Å². The molecule has 8 nitrogen and oxygen atoms in total. The zero-order valence-electron chi connectivity index (χ0n) is 25.3. The van der Waals surface area contributed by atoms with Crippen molar-refractivity contribution in [1.82, 2.24) is 15.1 Å². The summed E-state index contributed by atoms with van der Waals surface area (Å²) in [6, 6.07) is 15.8. The van der Waals surface area contributed by atoms with Gasteiger partial charge in [-0.15, -0.1) is 0 Å². The van der Waals surface area contributed by atoms with Crippen molar-refractivity contribution in [3.8, 4) is 11.5 Å². The molecule has 1 aliphatic heterocycles. The average molecular weight is 566 g/mol. The number of nitrogens with zero attached hydrogens (tertiary/aromatic N) is 2. The molecule has 8 heteroatoms. The maximum absolute atomic E-state index is 13.8. The third-order valence-electron chi connectivity index (χ3n) is 8.33. The second-order valence-electron chi connectivity index (χ2n) is 11.6. The lowest BCUT2D eigenvalue weighted by atomic mass is 9.92. The summed E-state index contributed by atoms with van der Waals surface area (Å²) in [6.45, 7) is 10.2. The Kier molecular flexibility index (Phi) is 11.1. The molecule has 41 heavy (non-hydrogen) atoms. The number of hydrogen-bond donors (Lipinski definition) is 1. The number of carbonyl (C=O) groups is 2. The molecule has 0 aromatic heterocycles. The summed E-state index contributed by atoms with van der Waals surface area (Å²) in [7, 11) is 3.26. The van der Waals surface area contributed by atoms with E-state index in [1.54, 1.807) is 32.4 Å². The van der Waals surface area contributed by atoms with Crippen molar-refractivity contribution < 1.29 is 23.8 Å². The molecule has 2 aliphatic rings. The topological polar surface area (TPSA) is 80.3 Å². The normalized spacial score (nSPS) is 19.2. The lowest BCUT2D eigenvalue weighted by Crippen LogP contribution is -2.45. The molecular formula is C33H47N3O5. The van der Waals surface area contributed by atoms with Gasteiger partial charge in [-0.05, 0) is 69.2 Å². The van der Waals surface area contributed by atoms with Gasteiger partial charge in [0, 0.05) is 64.0 Å². The molecule has 224 valence electrons. The predicted octanol–water partition coefficient (Wildman–Crippen LogP) is 4.59. The Bertz CT molecular complexity index is 1140. The van der Waals surface area contributed by atoms with Crippen molar-refractivity contribution in [3.63, 3.8) is 0 Å². The lowest BCUT2D eigenvalue weighted by molar-refractivity contribution is -0.133. The molecule has 1 aliphatic carbocycles. The molecule has 0 radical (unpaired) electrons. The van der Waals surface area contributed by atoms with Crippen molar-refractivity contribution in [3.05, 3.63) is 59.7 Å². The van der Waals surface area contributed by atoms with Crippen LogP contribution in [0.3, 0.4) is 0 Å². The van der Waals surface area contributed by atoms with E-state index in [1.807, 2.05) is 42.2 Å². The number of amides is 2. The van der Waals surface area contributed by atoms with Crippen LogP contribution in [0.5, 0.6) is 11.5 Å². The summed E-state index contributed by atoms with van der Waals surface area (Å²) in [5.41, 5.74) is 1.64. The van der Waals surface area contributed by atoms with Crippen molar-refractivity contribution in [2.45, 2.75) is 58.0 Å². The zero-order valence-corrected chi connectivity index (χ0v) is 25.3. The molecule has 0 unspecified atom stereocenters. The monoisotopic (exact) mass is 565 g/mol. The molecule has 1 saturated carbocycles. The number of hydrogen-bond acceptors (Lipinski definition) is 6. The van der Waals surface area contributed by atoms with Gasteiger partial charge in [-0.2, -0.15) is 0 Å². The summed E-state index contributed by atoms with van der Waals surface area (Å²) < 4.78 is 16.5. The number of rotatable bonds is 15. The maximum Gasteiger partial charge on any atom is 0.254 e. The van der Waals surface area contributed by atoms with E-state index in [-0.39, 0.29) is 35.6 Å². The quantitative estimate of drug-likeness (QED) is 0.318. The zero-order chi connectivity index (χ0) is 29.4. The minimum absolute atomic E-state index is 0.0243. The van der Waals surface area contributed by atoms with Crippen LogP contribution in [-0.4, -0.2) is 87.3 Å². The third kappa shape index (κ3) is 8.01. The number of benzene rings is 2. The molecule has 0 spiro atoms. The van der Waals surface area contributed by atoms with Crippen LogP contribution in [0.2, 0.25) is 0 Å². The Balaban J connectivity index is 1.45. The third-order valence-corrected chi connectivity index (χ3v) is 8.33. The number of nitrogens with one attached hydrogen (secondary N) is 1. The first kappa shape index (κ1) is 30.8. The molecule has 4 rings (SSSR count). The summed E-state index contributed by atoms with van der Waals surface area (Å²) in [4.78, 5) is 31.6. The van der Waals surface area contributed by atoms with Gasteiger partial charge in [0.05, 0.1) is 19.6 Å². The fraction of sp³-hybridized carbons (Fsp3) is 0.576. The van der Waals surface area contributed by atoms with Gasteiger partial charge in [-0.3, -0.25) is 9.59 Å². The van der Waals surface area contributed by atoms with E-state index in [2.05, 4.69) is 24.1 Å². The SMILES string of the molecule is COCCCOc1cc(C(=O)N(C[C@@H]2CNC[C@@H]2CN(C(=O)[C@H](C)c2ccccc2)C2CC2)C(C)C)ccc1OC. The molecule has 1 heterocycles. The van der Waals surface area contributed by atoms with E-state index in [9.17, 15) is 9.59 Å². The van der Waals surface area contributed by atoms with Gasteiger partial charge in [0.1, 0.15) is 0 Å². The van der Waals surface area contributed by atoms with Crippen molar-refractivity contribution >= 4 is 11.8 Å². The molecule has 1 N–H and O–H groups in total. The minimum atomic E-state index is -0.167. The predicted molar refractivity (Wildman–Crippen MR) is 161 cm³/mol. The summed E-state index contributed by atoms with van der Waals surface area (Å²) >= 11 is 0. The highest BCUT2D eigenvalue weighted by molar-refractivity contribution is 5.95. The highest BCUT2D eigenvalue weighted by atomic mass is 16.5. The van der Waals surface area contributed by atoms with Crippen LogP contribution in [-0.2, 0) is 9.53 Å². The Morgan fingerprint density at radius 1 is 0.927 bits per heavy atom. The average Bonchev–Trinajstić information content (AvgIpc) is 3.74. The highest BCUT2D eigenvalue weighted by Crippen LogP contribution is 2.34. The van der Waals surface area contributed by atoms with Crippen LogP contribution in [0.25, 0.3) is 0 Å². The fourth-order valence-electron chi connectivity index (χ4n) is 5.66. The second kappa shape index (κ2) is 14.7. The first-order valence-corrected chi connectivity index (χ1v) is 15.0. The van der Waals surface area contributed by atoms with Crippen molar-refractivity contribution in [2.75, 3.05) is 53.6 Å². The number of methoxy groups -OCH3 is 2. The minimum Gasteiger partial charge on any atom is -0.493 e. The van der Waals surface area contributed by atoms with Crippen LogP contribution < -0.4 is 14.8 Å². The van der Waals surface area contributed by atoms with E-state index in [4.69, 9.17) is 14.2 Å². The van der Waals surface area contributed by atoms with E-state index < -0.39 is 0 Å². The van der Waals surface area contributed by atoms with Crippen LogP contribution in [0.15, 0.2) is 48.5 Å². The van der Waals surface area contributed by atoms with E-state index >= 15 is 0 Å². The fourth-order valence-corrected chi connectivity index (χ4v) is 5.66. The van der Waals surface area contributed by atoms with E-state index in [0.717, 1.165) is 44.5 Å². The molecule has 0 bridgehead atoms. The summed E-state index contributed by atoms with van der Waals surface area (Å²) in [6.07, 6.45) is 2.89. The van der Waals surface area contributed by atoms with Crippen LogP contribution in [0.1, 0.15) is 61.9 Å². The molecule has 3 atom stereocenters. The smallest absolute Gasteiger partial charge is 0.254 e. The molecule has 1 saturated heterocycles. The lowest BCUT2D eigenvalue weighted by Gasteiger charge is -2.34. The molecular weight excluding hydrogens is 518 g/mol. The maximum atomic E-state index is 13.8. The van der Waals surface area contributed by atoms with Gasteiger partial charge in [0.2, 0.25) is 5.91 Å². The largest absolute Gasteiger partial charge is 0.493 e. The summed E-state index contributed by atoms with van der Waals surface area (Å²) in [5.74, 6) is 1.71. The van der Waals surface area contributed by atoms with Gasteiger partial charge < -0.3 is 29.3 Å². The van der Waals surface area contributed by atoms with Crippen molar-refractivity contribution in [2.24, 2.45) is 11.8 Å². The van der Waals surface area contributed by atoms with Gasteiger partial charge in [-0.1, -0.05) is 30.3 Å². The molecule has 2 fully saturated rings. The standard InChI is InChI=1S/C33H47N3O5/c1-23(2)35(33(38)26-12-15-30(40-5)31(18-26)41-17-9-16-39-4)21-27-19-34-20-28(27)22-36(29-13-14-29)32(37)24(3)25-10-7-6-8-11-25/h6-8,10-12,15,18,23-24,27-29,34H,9,13-14,16-17,19-22H2,1-5H3/t24-,27+,28-/m1/s1. The molecule has 2 aromatic rings. The van der Waals surface area contributed by atoms with Gasteiger partial charge in [0.15, 0.2) is 11.5 Å². The first-order valence-electron chi connectivity index (χ1n) is 15.0. The Hall–Kier alpha value is -3.10. The van der Waals surface area contributed by atoms with Crippen LogP contribution in [0, 0.1) is 11.8 Å². The highest BCUT2D eigenvalue weighted by Gasteiger charge is 2.39. The van der Waals surface area contributed by atoms with Crippen molar-refractivity contribution in [1.29, 1.82) is 0 Å². The Morgan fingerprint density at radius 3 is 2.27 bits per heavy atom. The molecule has 2 aromatic carbocycles. The number of carbonyl (C=O) groups excluding carboxylic acids is 2. The Morgan fingerprint density at radius 2 is 1.63 bits per heavy atom. The van der Waals surface area contributed by atoms with E-state index in [0.29, 0.717) is 42.9 Å². The van der Waals surface area contributed by atoms with Crippen LogP contribution in [0.4, 0.5) is 0 Å².